The highest BCUT2D eigenvalue weighted by atomic mass is 15.0. The minimum absolute atomic E-state index is 0.481. The normalized spacial score (nSPS) is 30.7. The summed E-state index contributed by atoms with van der Waals surface area (Å²) in [6.45, 7) is 2.29. The van der Waals surface area contributed by atoms with Crippen molar-refractivity contribution in [1.82, 2.24) is 0 Å². The molecule has 0 aromatic heterocycles. The van der Waals surface area contributed by atoms with E-state index in [2.05, 4.69) is 28.9 Å². The molecule has 0 radical (unpaired) electrons. The predicted molar refractivity (Wildman–Crippen MR) is 64.1 cm³/mol. The predicted octanol–water partition coefficient (Wildman–Crippen LogP) is 2.47. The van der Waals surface area contributed by atoms with Crippen molar-refractivity contribution in [2.75, 3.05) is 13.1 Å². The molecule has 0 saturated heterocycles. The molecule has 2 atom stereocenters. The molecule has 1 aliphatic heterocycles. The van der Waals surface area contributed by atoms with Gasteiger partial charge in [0, 0.05) is 12.3 Å². The van der Waals surface area contributed by atoms with Gasteiger partial charge in [-0.2, -0.15) is 0 Å². The molecule has 2 aliphatic rings. The monoisotopic (exact) mass is 202 g/mol. The Kier molecular flexibility index (Phi) is 3.61. The molecule has 0 fully saturated rings. The average molecular weight is 202 g/mol. The van der Waals surface area contributed by atoms with E-state index in [0.29, 0.717) is 5.92 Å². The molecule has 0 aromatic rings. The third-order valence-corrected chi connectivity index (χ3v) is 3.46. The fourth-order valence-electron chi connectivity index (χ4n) is 2.55. The fraction of sp³-hybridized carbons (Fsp3) is 0.643. The van der Waals surface area contributed by atoms with Crippen LogP contribution in [0.15, 0.2) is 12.2 Å². The molecule has 80 valence electrons. The number of hydrogen-bond donors (Lipinski definition) is 0. The van der Waals surface area contributed by atoms with E-state index >= 15 is 0 Å². The molecular weight excluding hydrogens is 182 g/mol. The molecule has 15 heavy (non-hydrogen) atoms. The van der Waals surface area contributed by atoms with Gasteiger partial charge in [0.25, 0.3) is 0 Å². The summed E-state index contributed by atoms with van der Waals surface area (Å²) in [7, 11) is 0. The molecular formula is C14H20N+. The zero-order valence-electron chi connectivity index (χ0n) is 9.36. The minimum atomic E-state index is 0.481. The lowest BCUT2D eigenvalue weighted by Crippen LogP contribution is -2.30. The smallest absolute Gasteiger partial charge is 0.156 e. The van der Waals surface area contributed by atoms with Gasteiger partial charge >= 0.3 is 0 Å². The molecule has 0 N–H and O–H groups in total. The summed E-state index contributed by atoms with van der Waals surface area (Å²) in [5, 5.41) is 0. The van der Waals surface area contributed by atoms with Crippen molar-refractivity contribution in [3.8, 4) is 12.3 Å². The SMILES string of the molecule is C#CC1CCC=[N+](CC2CC=CCC2)C1. The number of rotatable bonds is 2. The summed E-state index contributed by atoms with van der Waals surface area (Å²) >= 11 is 0. The van der Waals surface area contributed by atoms with Crippen molar-refractivity contribution >= 4 is 6.21 Å². The van der Waals surface area contributed by atoms with Gasteiger partial charge in [-0.15, -0.1) is 6.42 Å². The zero-order valence-corrected chi connectivity index (χ0v) is 9.36. The van der Waals surface area contributed by atoms with Crippen LogP contribution < -0.4 is 0 Å². The Morgan fingerprint density at radius 3 is 2.93 bits per heavy atom. The molecule has 0 amide bonds. The molecule has 0 spiro atoms. The summed E-state index contributed by atoms with van der Waals surface area (Å²) in [5.74, 6) is 4.23. The molecule has 0 saturated carbocycles. The number of hydrogen-bond acceptors (Lipinski definition) is 0. The van der Waals surface area contributed by atoms with Crippen molar-refractivity contribution in [3.63, 3.8) is 0 Å². The second-order valence-corrected chi connectivity index (χ2v) is 4.73. The summed E-state index contributed by atoms with van der Waals surface area (Å²) in [4.78, 5) is 0. The zero-order chi connectivity index (χ0) is 10.5. The van der Waals surface area contributed by atoms with E-state index < -0.39 is 0 Å². The second-order valence-electron chi connectivity index (χ2n) is 4.73. The molecule has 1 heterocycles. The van der Waals surface area contributed by atoms with Gasteiger partial charge in [0.05, 0.1) is 5.92 Å². The van der Waals surface area contributed by atoms with Crippen LogP contribution in [0.4, 0.5) is 0 Å². The van der Waals surface area contributed by atoms with Gasteiger partial charge < -0.3 is 0 Å². The van der Waals surface area contributed by atoms with Gasteiger partial charge in [-0.05, 0) is 25.7 Å². The Hall–Kier alpha value is -1.03. The Labute approximate surface area is 92.9 Å². The molecule has 1 nitrogen and oxygen atoms in total. The Bertz CT molecular complexity index is 306. The van der Waals surface area contributed by atoms with E-state index in [1.807, 2.05) is 0 Å². The first-order valence-electron chi connectivity index (χ1n) is 6.07. The van der Waals surface area contributed by atoms with Crippen molar-refractivity contribution in [2.24, 2.45) is 11.8 Å². The first kappa shape index (κ1) is 10.5. The molecule has 2 rings (SSSR count). The highest BCUT2D eigenvalue weighted by molar-refractivity contribution is 5.51. The van der Waals surface area contributed by atoms with Crippen LogP contribution in [0.3, 0.4) is 0 Å². The first-order valence-corrected chi connectivity index (χ1v) is 6.07. The van der Waals surface area contributed by atoms with Crippen molar-refractivity contribution < 1.29 is 4.58 Å². The molecule has 2 unspecified atom stereocenters. The average Bonchev–Trinajstić information content (AvgIpc) is 2.31. The standard InChI is InChI=1S/C14H20N/c1-2-13-9-6-10-15(11-13)12-14-7-4-3-5-8-14/h1,3-4,10,13-14H,5-9,11-12H2/q+1. The van der Waals surface area contributed by atoms with Crippen molar-refractivity contribution in [2.45, 2.75) is 32.1 Å². The second kappa shape index (κ2) is 5.16. The number of terminal acetylenes is 1. The third-order valence-electron chi connectivity index (χ3n) is 3.46. The van der Waals surface area contributed by atoms with Crippen LogP contribution in [0.25, 0.3) is 0 Å². The van der Waals surface area contributed by atoms with Crippen LogP contribution in [0, 0.1) is 24.2 Å². The largest absolute Gasteiger partial charge is 0.238 e. The lowest BCUT2D eigenvalue weighted by molar-refractivity contribution is -0.540. The lowest BCUT2D eigenvalue weighted by Gasteiger charge is -2.19. The molecule has 1 aliphatic carbocycles. The maximum atomic E-state index is 5.50. The lowest BCUT2D eigenvalue weighted by atomic mass is 9.93. The third kappa shape index (κ3) is 2.96. The van der Waals surface area contributed by atoms with Gasteiger partial charge in [-0.1, -0.05) is 18.1 Å². The van der Waals surface area contributed by atoms with Crippen LogP contribution >= 0.6 is 0 Å². The van der Waals surface area contributed by atoms with Gasteiger partial charge in [0.1, 0.15) is 12.8 Å². The first-order chi connectivity index (χ1) is 7.38. The molecule has 0 aromatic carbocycles. The van der Waals surface area contributed by atoms with Crippen molar-refractivity contribution in [3.05, 3.63) is 12.2 Å². The van der Waals surface area contributed by atoms with E-state index in [-0.39, 0.29) is 0 Å². The summed E-state index contributed by atoms with van der Waals surface area (Å²) in [5.41, 5.74) is 0. The van der Waals surface area contributed by atoms with Crippen LogP contribution in [-0.2, 0) is 0 Å². The van der Waals surface area contributed by atoms with Crippen LogP contribution in [0.5, 0.6) is 0 Å². The highest BCUT2D eigenvalue weighted by Gasteiger charge is 2.22. The summed E-state index contributed by atoms with van der Waals surface area (Å²) in [6.07, 6.45) is 18.7. The van der Waals surface area contributed by atoms with Gasteiger partial charge in [0.2, 0.25) is 0 Å². The van der Waals surface area contributed by atoms with E-state index in [1.54, 1.807) is 0 Å². The van der Waals surface area contributed by atoms with Crippen LogP contribution in [0.1, 0.15) is 32.1 Å². The fourth-order valence-corrected chi connectivity index (χ4v) is 2.55. The Morgan fingerprint density at radius 1 is 1.27 bits per heavy atom. The Morgan fingerprint density at radius 2 is 2.20 bits per heavy atom. The molecule has 0 bridgehead atoms. The highest BCUT2D eigenvalue weighted by Crippen LogP contribution is 2.19. The number of nitrogens with zero attached hydrogens (tertiary/aromatic N) is 1. The maximum Gasteiger partial charge on any atom is 0.156 e. The maximum absolute atomic E-state index is 5.50. The van der Waals surface area contributed by atoms with Gasteiger partial charge in [-0.3, -0.25) is 0 Å². The van der Waals surface area contributed by atoms with E-state index in [4.69, 9.17) is 6.42 Å². The van der Waals surface area contributed by atoms with Gasteiger partial charge in [-0.25, -0.2) is 4.58 Å². The molecule has 1 heteroatoms. The summed E-state index contributed by atoms with van der Waals surface area (Å²) < 4.78 is 2.46. The van der Waals surface area contributed by atoms with Crippen molar-refractivity contribution in [1.29, 1.82) is 0 Å². The Balaban J connectivity index is 1.86. The number of allylic oxidation sites excluding steroid dienone is 2. The van der Waals surface area contributed by atoms with Crippen LogP contribution in [-0.4, -0.2) is 23.9 Å². The minimum Gasteiger partial charge on any atom is -0.238 e. The topological polar surface area (TPSA) is 3.01 Å². The quantitative estimate of drug-likeness (QED) is 0.368. The summed E-state index contributed by atoms with van der Waals surface area (Å²) in [6, 6.07) is 0. The van der Waals surface area contributed by atoms with E-state index in [9.17, 15) is 0 Å². The van der Waals surface area contributed by atoms with E-state index in [0.717, 1.165) is 18.9 Å². The van der Waals surface area contributed by atoms with Gasteiger partial charge in [0.15, 0.2) is 6.54 Å². The van der Waals surface area contributed by atoms with Crippen LogP contribution in [0.2, 0.25) is 0 Å². The van der Waals surface area contributed by atoms with E-state index in [1.165, 1.54) is 32.2 Å².